The molecule has 152 valence electrons. The Bertz CT molecular complexity index is 845. The first kappa shape index (κ1) is 20.5. The maximum Gasteiger partial charge on any atom is 0.333 e. The normalized spacial score (nSPS) is 16.9. The highest BCUT2D eigenvalue weighted by molar-refractivity contribution is 6.14. The van der Waals surface area contributed by atoms with Crippen LogP contribution in [-0.2, 0) is 9.59 Å². The van der Waals surface area contributed by atoms with Crippen LogP contribution in [0.3, 0.4) is 0 Å². The van der Waals surface area contributed by atoms with Crippen LogP contribution in [0.25, 0.3) is 0 Å². The summed E-state index contributed by atoms with van der Waals surface area (Å²) >= 11 is 0. The molecule has 5 nitrogen and oxygen atoms in total. The van der Waals surface area contributed by atoms with Gasteiger partial charge in [0.15, 0.2) is 0 Å². The number of amides is 4. The second-order valence-corrected chi connectivity index (χ2v) is 6.51. The van der Waals surface area contributed by atoms with Gasteiger partial charge in [-0.3, -0.25) is 19.4 Å². The molecule has 2 atom stereocenters. The van der Waals surface area contributed by atoms with E-state index in [0.717, 1.165) is 24.3 Å². The van der Waals surface area contributed by atoms with Gasteiger partial charge in [0.05, 0.1) is 13.1 Å². The molecule has 9 heteroatoms. The van der Waals surface area contributed by atoms with Gasteiger partial charge < -0.3 is 0 Å². The van der Waals surface area contributed by atoms with Crippen LogP contribution in [-0.4, -0.2) is 40.7 Å². The van der Waals surface area contributed by atoms with Crippen molar-refractivity contribution in [3.8, 4) is 0 Å². The number of nitrogens with zero attached hydrogens (tertiary/aromatic N) is 2. The van der Waals surface area contributed by atoms with Crippen molar-refractivity contribution in [2.45, 2.75) is 18.8 Å². The molecule has 0 bridgehead atoms. The average Bonchev–Trinajstić information content (AvgIpc) is 2.69. The molecule has 0 saturated carbocycles. The van der Waals surface area contributed by atoms with Crippen molar-refractivity contribution in [3.05, 3.63) is 71.3 Å². The average molecular weight is 408 g/mol. The lowest BCUT2D eigenvalue weighted by Gasteiger charge is -2.34. The molecule has 0 aromatic heterocycles. The molecule has 0 unspecified atom stereocenters. The van der Waals surface area contributed by atoms with Gasteiger partial charge in [-0.05, 0) is 35.4 Å². The standard InChI is InChI=1S/C20H16F4N2O3/c21-14-5-1-12(2-6-14)16(23)10-25-18(27)9-19(28)26(20(25)29)11-17(24)13-3-7-15(22)8-4-13/h1-8,16-17H,9-11H2/t16-,17-/m1/s1. The van der Waals surface area contributed by atoms with Crippen LogP contribution in [0.5, 0.6) is 0 Å². The number of carbonyl (C=O) groups is 3. The first-order valence-electron chi connectivity index (χ1n) is 8.70. The molecule has 1 aliphatic heterocycles. The Morgan fingerprint density at radius 1 is 0.690 bits per heavy atom. The van der Waals surface area contributed by atoms with Crippen molar-refractivity contribution in [3.63, 3.8) is 0 Å². The lowest BCUT2D eigenvalue weighted by molar-refractivity contribution is -0.143. The smallest absolute Gasteiger partial charge is 0.274 e. The molecule has 29 heavy (non-hydrogen) atoms. The Hall–Kier alpha value is -3.23. The number of imide groups is 2. The molecule has 0 N–H and O–H groups in total. The second-order valence-electron chi connectivity index (χ2n) is 6.51. The number of urea groups is 1. The van der Waals surface area contributed by atoms with Gasteiger partial charge in [0, 0.05) is 0 Å². The molecule has 2 aromatic rings. The minimum atomic E-state index is -1.81. The Balaban J connectivity index is 1.73. The molecule has 0 aliphatic carbocycles. The highest BCUT2D eigenvalue weighted by atomic mass is 19.1. The maximum atomic E-state index is 14.5. The molecule has 2 aromatic carbocycles. The van der Waals surface area contributed by atoms with Crippen LogP contribution in [0.1, 0.15) is 29.9 Å². The summed E-state index contributed by atoms with van der Waals surface area (Å²) in [7, 11) is 0. The van der Waals surface area contributed by atoms with E-state index < -0.39 is 61.3 Å². The van der Waals surface area contributed by atoms with Crippen molar-refractivity contribution in [2.75, 3.05) is 13.1 Å². The van der Waals surface area contributed by atoms with Gasteiger partial charge in [-0.1, -0.05) is 24.3 Å². The quantitative estimate of drug-likeness (QED) is 0.539. The first-order chi connectivity index (χ1) is 13.8. The minimum Gasteiger partial charge on any atom is -0.274 e. The number of hydrogen-bond acceptors (Lipinski definition) is 3. The lowest BCUT2D eigenvalue weighted by atomic mass is 10.1. The third kappa shape index (κ3) is 4.61. The van der Waals surface area contributed by atoms with E-state index in [-0.39, 0.29) is 11.1 Å². The summed E-state index contributed by atoms with van der Waals surface area (Å²) in [4.78, 5) is 37.8. The summed E-state index contributed by atoms with van der Waals surface area (Å²) in [6, 6.07) is 7.70. The SMILES string of the molecule is O=C1CC(=O)N(C[C@@H](F)c2ccc(F)cc2)C(=O)N1C[C@@H](F)c1ccc(F)cc1. The molecular formula is C20H16F4N2O3. The molecule has 1 heterocycles. The zero-order valence-electron chi connectivity index (χ0n) is 15.0. The van der Waals surface area contributed by atoms with E-state index in [4.69, 9.17) is 0 Å². The number of benzene rings is 2. The Labute approximate surface area is 163 Å². The number of barbiturate groups is 1. The predicted octanol–water partition coefficient (Wildman–Crippen LogP) is 3.87. The minimum absolute atomic E-state index is 0.0464. The van der Waals surface area contributed by atoms with E-state index in [9.17, 15) is 31.9 Å². The topological polar surface area (TPSA) is 57.7 Å². The Morgan fingerprint density at radius 3 is 1.38 bits per heavy atom. The number of rotatable bonds is 6. The van der Waals surface area contributed by atoms with E-state index in [0.29, 0.717) is 9.80 Å². The highest BCUT2D eigenvalue weighted by Crippen LogP contribution is 2.25. The van der Waals surface area contributed by atoms with Crippen LogP contribution in [0.15, 0.2) is 48.5 Å². The van der Waals surface area contributed by atoms with Crippen molar-refractivity contribution in [2.24, 2.45) is 0 Å². The maximum absolute atomic E-state index is 14.5. The first-order valence-corrected chi connectivity index (χ1v) is 8.70. The lowest BCUT2D eigenvalue weighted by Crippen LogP contribution is -2.56. The molecule has 1 saturated heterocycles. The zero-order chi connectivity index (χ0) is 21.1. The molecule has 1 fully saturated rings. The summed E-state index contributed by atoms with van der Waals surface area (Å²) < 4.78 is 55.0. The summed E-state index contributed by atoms with van der Waals surface area (Å²) in [5.41, 5.74) is 0.0928. The Morgan fingerprint density at radius 2 is 1.03 bits per heavy atom. The largest absolute Gasteiger partial charge is 0.333 e. The van der Waals surface area contributed by atoms with Crippen molar-refractivity contribution in [1.82, 2.24) is 9.80 Å². The van der Waals surface area contributed by atoms with Gasteiger partial charge in [-0.2, -0.15) is 0 Å². The fourth-order valence-electron chi connectivity index (χ4n) is 2.91. The number of alkyl halides is 2. The summed E-state index contributed by atoms with van der Waals surface area (Å²) in [6.45, 7) is -1.39. The molecule has 0 radical (unpaired) electrons. The van der Waals surface area contributed by atoms with E-state index >= 15 is 0 Å². The van der Waals surface area contributed by atoms with Gasteiger partial charge >= 0.3 is 6.03 Å². The van der Waals surface area contributed by atoms with Gasteiger partial charge in [0.2, 0.25) is 11.8 Å². The van der Waals surface area contributed by atoms with Crippen LogP contribution in [0, 0.1) is 11.6 Å². The van der Waals surface area contributed by atoms with Gasteiger partial charge in [0.1, 0.15) is 30.4 Å². The predicted molar refractivity (Wildman–Crippen MR) is 93.9 cm³/mol. The van der Waals surface area contributed by atoms with E-state index in [2.05, 4.69) is 0 Å². The van der Waals surface area contributed by atoms with E-state index in [1.807, 2.05) is 0 Å². The second kappa shape index (κ2) is 8.42. The molecule has 0 spiro atoms. The van der Waals surface area contributed by atoms with Crippen LogP contribution >= 0.6 is 0 Å². The molecule has 3 rings (SSSR count). The number of carbonyl (C=O) groups excluding carboxylic acids is 3. The summed E-state index contributed by atoms with van der Waals surface area (Å²) in [5, 5.41) is 0. The Kier molecular flexibility index (Phi) is 5.95. The van der Waals surface area contributed by atoms with Crippen molar-refractivity contribution >= 4 is 17.8 Å². The fourth-order valence-corrected chi connectivity index (χ4v) is 2.91. The third-order valence-electron chi connectivity index (χ3n) is 4.52. The van der Waals surface area contributed by atoms with Crippen LogP contribution < -0.4 is 0 Å². The highest BCUT2D eigenvalue weighted by Gasteiger charge is 2.40. The van der Waals surface area contributed by atoms with Crippen LogP contribution in [0.2, 0.25) is 0 Å². The van der Waals surface area contributed by atoms with Gasteiger partial charge in [-0.15, -0.1) is 0 Å². The molecule has 1 aliphatic rings. The van der Waals surface area contributed by atoms with Crippen molar-refractivity contribution < 1.29 is 31.9 Å². The molecular weight excluding hydrogens is 392 g/mol. The van der Waals surface area contributed by atoms with E-state index in [1.165, 1.54) is 24.3 Å². The summed E-state index contributed by atoms with van der Waals surface area (Å²) in [6.07, 6.45) is -4.33. The number of hydrogen-bond donors (Lipinski definition) is 0. The molecule has 4 amide bonds. The van der Waals surface area contributed by atoms with Gasteiger partial charge in [0.25, 0.3) is 0 Å². The summed E-state index contributed by atoms with van der Waals surface area (Å²) in [5.74, 6) is -2.95. The third-order valence-corrected chi connectivity index (χ3v) is 4.52. The monoisotopic (exact) mass is 408 g/mol. The van der Waals surface area contributed by atoms with Crippen molar-refractivity contribution in [1.29, 1.82) is 0 Å². The van der Waals surface area contributed by atoms with E-state index in [1.54, 1.807) is 0 Å². The van der Waals surface area contributed by atoms with Crippen LogP contribution in [0.4, 0.5) is 22.4 Å². The zero-order valence-corrected chi connectivity index (χ0v) is 15.0. The number of halogens is 4. The van der Waals surface area contributed by atoms with Gasteiger partial charge in [-0.25, -0.2) is 22.4 Å². The fraction of sp³-hybridized carbons (Fsp3) is 0.250.